The van der Waals surface area contributed by atoms with E-state index in [1.165, 1.54) is 9.99 Å². The lowest BCUT2D eigenvalue weighted by atomic mass is 10.1. The third-order valence-corrected chi connectivity index (χ3v) is 4.06. The minimum Gasteiger partial charge on any atom is -0.342 e. The van der Waals surface area contributed by atoms with E-state index in [-0.39, 0.29) is 5.91 Å². The number of hydrogen-bond acceptors (Lipinski definition) is 1. The number of carbonyl (C=O) groups is 1. The first-order valence-electron chi connectivity index (χ1n) is 5.78. The summed E-state index contributed by atoms with van der Waals surface area (Å²) in [5.41, 5.74) is 1.15. The number of amides is 1. The molecule has 0 aliphatic carbocycles. The quantitative estimate of drug-likeness (QED) is 0.764. The standard InChI is InChI=1S/C13H16INO/c14-12-7-3-2-6-11(12)10-13(16)15-8-4-1-5-9-15/h2-3,6-7H,1,4-5,8-10H2. The van der Waals surface area contributed by atoms with Crippen molar-refractivity contribution >= 4 is 28.5 Å². The van der Waals surface area contributed by atoms with Crippen molar-refractivity contribution < 1.29 is 4.79 Å². The summed E-state index contributed by atoms with van der Waals surface area (Å²) in [5, 5.41) is 0. The Hall–Kier alpha value is -0.580. The molecule has 1 aromatic rings. The van der Waals surface area contributed by atoms with Crippen LogP contribution in [0.4, 0.5) is 0 Å². The van der Waals surface area contributed by atoms with Gasteiger partial charge in [0.2, 0.25) is 5.91 Å². The van der Waals surface area contributed by atoms with Crippen LogP contribution in [-0.4, -0.2) is 23.9 Å². The number of halogens is 1. The molecule has 0 N–H and O–H groups in total. The Morgan fingerprint density at radius 1 is 1.19 bits per heavy atom. The molecule has 1 aliphatic heterocycles. The molecule has 0 aromatic heterocycles. The maximum absolute atomic E-state index is 12.0. The first kappa shape index (κ1) is 11.9. The van der Waals surface area contributed by atoms with Crippen molar-refractivity contribution in [2.75, 3.05) is 13.1 Å². The van der Waals surface area contributed by atoms with Crippen molar-refractivity contribution in [2.45, 2.75) is 25.7 Å². The average molecular weight is 329 g/mol. The number of piperidine rings is 1. The Morgan fingerprint density at radius 2 is 1.88 bits per heavy atom. The highest BCUT2D eigenvalue weighted by Crippen LogP contribution is 2.15. The molecule has 0 unspecified atom stereocenters. The van der Waals surface area contributed by atoms with E-state index in [1.54, 1.807) is 0 Å². The fraction of sp³-hybridized carbons (Fsp3) is 0.462. The zero-order chi connectivity index (χ0) is 11.4. The van der Waals surface area contributed by atoms with Gasteiger partial charge in [-0.2, -0.15) is 0 Å². The van der Waals surface area contributed by atoms with Crippen LogP contribution in [0.3, 0.4) is 0 Å². The molecular formula is C13H16INO. The Morgan fingerprint density at radius 3 is 2.56 bits per heavy atom. The first-order chi connectivity index (χ1) is 7.77. The second-order valence-electron chi connectivity index (χ2n) is 4.21. The summed E-state index contributed by atoms with van der Waals surface area (Å²) in [6, 6.07) is 8.11. The lowest BCUT2D eigenvalue weighted by molar-refractivity contribution is -0.131. The van der Waals surface area contributed by atoms with E-state index in [2.05, 4.69) is 28.7 Å². The largest absolute Gasteiger partial charge is 0.342 e. The zero-order valence-corrected chi connectivity index (χ0v) is 11.4. The molecule has 16 heavy (non-hydrogen) atoms. The Balaban J connectivity index is 1.99. The Bertz CT molecular complexity index is 372. The highest BCUT2D eigenvalue weighted by atomic mass is 127. The summed E-state index contributed by atoms with van der Waals surface area (Å²) < 4.78 is 1.19. The summed E-state index contributed by atoms with van der Waals surface area (Å²) >= 11 is 2.29. The van der Waals surface area contributed by atoms with E-state index in [4.69, 9.17) is 0 Å². The molecule has 0 atom stereocenters. The highest BCUT2D eigenvalue weighted by Gasteiger charge is 2.17. The van der Waals surface area contributed by atoms with Crippen molar-refractivity contribution in [2.24, 2.45) is 0 Å². The third kappa shape index (κ3) is 2.97. The highest BCUT2D eigenvalue weighted by molar-refractivity contribution is 14.1. The van der Waals surface area contributed by atoms with Crippen molar-refractivity contribution in [1.29, 1.82) is 0 Å². The maximum Gasteiger partial charge on any atom is 0.227 e. The normalized spacial score (nSPS) is 16.2. The van der Waals surface area contributed by atoms with Crippen LogP contribution >= 0.6 is 22.6 Å². The zero-order valence-electron chi connectivity index (χ0n) is 9.29. The number of rotatable bonds is 2. The topological polar surface area (TPSA) is 20.3 Å². The minimum atomic E-state index is 0.281. The van der Waals surface area contributed by atoms with Gasteiger partial charge in [0.15, 0.2) is 0 Å². The van der Waals surface area contributed by atoms with Gasteiger partial charge in [0, 0.05) is 16.7 Å². The summed E-state index contributed by atoms with van der Waals surface area (Å²) in [6.45, 7) is 1.89. The molecule has 86 valence electrons. The van der Waals surface area contributed by atoms with Gasteiger partial charge in [-0.3, -0.25) is 4.79 Å². The molecule has 1 heterocycles. The third-order valence-electron chi connectivity index (χ3n) is 3.01. The van der Waals surface area contributed by atoms with Gasteiger partial charge in [0.1, 0.15) is 0 Å². The van der Waals surface area contributed by atoms with Crippen LogP contribution < -0.4 is 0 Å². The summed E-state index contributed by atoms with van der Waals surface area (Å²) in [7, 11) is 0. The van der Waals surface area contributed by atoms with Gasteiger partial charge < -0.3 is 4.90 Å². The monoisotopic (exact) mass is 329 g/mol. The van der Waals surface area contributed by atoms with Crippen LogP contribution in [0.1, 0.15) is 24.8 Å². The molecule has 1 fully saturated rings. The molecule has 2 nitrogen and oxygen atoms in total. The van der Waals surface area contributed by atoms with Gasteiger partial charge >= 0.3 is 0 Å². The minimum absolute atomic E-state index is 0.281. The molecular weight excluding hydrogens is 313 g/mol. The molecule has 0 spiro atoms. The molecule has 1 saturated heterocycles. The molecule has 0 bridgehead atoms. The fourth-order valence-electron chi connectivity index (χ4n) is 2.06. The molecule has 2 rings (SSSR count). The van der Waals surface area contributed by atoms with E-state index in [0.717, 1.165) is 31.5 Å². The van der Waals surface area contributed by atoms with Gasteiger partial charge in [0.05, 0.1) is 6.42 Å². The van der Waals surface area contributed by atoms with Crippen LogP contribution in [0.15, 0.2) is 24.3 Å². The lowest BCUT2D eigenvalue weighted by Gasteiger charge is -2.26. The maximum atomic E-state index is 12.0. The average Bonchev–Trinajstić information content (AvgIpc) is 2.33. The van der Waals surface area contributed by atoms with Crippen LogP contribution in [0, 0.1) is 3.57 Å². The van der Waals surface area contributed by atoms with Crippen molar-refractivity contribution in [3.8, 4) is 0 Å². The number of nitrogens with zero attached hydrogens (tertiary/aromatic N) is 1. The van der Waals surface area contributed by atoms with Gasteiger partial charge in [-0.15, -0.1) is 0 Å². The molecule has 0 saturated carbocycles. The SMILES string of the molecule is O=C(Cc1ccccc1I)N1CCCCC1. The smallest absolute Gasteiger partial charge is 0.227 e. The summed E-state index contributed by atoms with van der Waals surface area (Å²) in [4.78, 5) is 14.0. The molecule has 1 aromatic carbocycles. The summed E-state index contributed by atoms with van der Waals surface area (Å²) in [6.07, 6.45) is 4.15. The Kier molecular flexibility index (Phi) is 4.21. The molecule has 1 aliphatic rings. The predicted molar refractivity (Wildman–Crippen MR) is 73.3 cm³/mol. The molecule has 3 heteroatoms. The van der Waals surface area contributed by atoms with Gasteiger partial charge in [0.25, 0.3) is 0 Å². The van der Waals surface area contributed by atoms with Crippen LogP contribution in [-0.2, 0) is 11.2 Å². The summed E-state index contributed by atoms with van der Waals surface area (Å²) in [5.74, 6) is 0.281. The van der Waals surface area contributed by atoms with Crippen molar-refractivity contribution in [3.63, 3.8) is 0 Å². The van der Waals surface area contributed by atoms with E-state index in [1.807, 2.05) is 23.1 Å². The van der Waals surface area contributed by atoms with E-state index in [0.29, 0.717) is 6.42 Å². The fourth-order valence-corrected chi connectivity index (χ4v) is 2.64. The van der Waals surface area contributed by atoms with E-state index in [9.17, 15) is 4.79 Å². The second-order valence-corrected chi connectivity index (χ2v) is 5.37. The van der Waals surface area contributed by atoms with E-state index >= 15 is 0 Å². The molecule has 0 radical (unpaired) electrons. The number of carbonyl (C=O) groups excluding carboxylic acids is 1. The van der Waals surface area contributed by atoms with Crippen LogP contribution in [0.5, 0.6) is 0 Å². The van der Waals surface area contributed by atoms with Gasteiger partial charge in [-0.25, -0.2) is 0 Å². The van der Waals surface area contributed by atoms with Gasteiger partial charge in [-0.1, -0.05) is 18.2 Å². The Labute approximate surface area is 110 Å². The number of likely N-dealkylation sites (tertiary alicyclic amines) is 1. The van der Waals surface area contributed by atoms with Crippen molar-refractivity contribution in [3.05, 3.63) is 33.4 Å². The predicted octanol–water partition coefficient (Wildman–Crippen LogP) is 2.85. The van der Waals surface area contributed by atoms with Gasteiger partial charge in [-0.05, 0) is 53.5 Å². The van der Waals surface area contributed by atoms with Crippen LogP contribution in [0.2, 0.25) is 0 Å². The number of benzene rings is 1. The van der Waals surface area contributed by atoms with E-state index < -0.39 is 0 Å². The van der Waals surface area contributed by atoms with Crippen LogP contribution in [0.25, 0.3) is 0 Å². The first-order valence-corrected chi connectivity index (χ1v) is 6.86. The number of hydrogen-bond donors (Lipinski definition) is 0. The lowest BCUT2D eigenvalue weighted by Crippen LogP contribution is -2.36. The molecule has 1 amide bonds. The van der Waals surface area contributed by atoms with Crippen molar-refractivity contribution in [1.82, 2.24) is 4.90 Å². The second kappa shape index (κ2) is 5.66.